The summed E-state index contributed by atoms with van der Waals surface area (Å²) < 4.78 is 34.2. The molecule has 0 saturated heterocycles. The Morgan fingerprint density at radius 1 is 1.25 bits per heavy atom. The fourth-order valence-corrected chi connectivity index (χ4v) is 3.17. The largest absolute Gasteiger partial charge is 0.495 e. The highest BCUT2D eigenvalue weighted by Crippen LogP contribution is 2.24. The minimum absolute atomic E-state index is 0.174. The van der Waals surface area contributed by atoms with Crippen LogP contribution in [0.15, 0.2) is 47.6 Å². The van der Waals surface area contributed by atoms with Gasteiger partial charge in [-0.3, -0.25) is 0 Å². The maximum atomic E-state index is 12.3. The molecular formula is C14H18N2O3S. The van der Waals surface area contributed by atoms with E-state index in [1.54, 1.807) is 12.1 Å². The fourth-order valence-electron chi connectivity index (χ4n) is 1.90. The molecule has 0 spiro atoms. The summed E-state index contributed by atoms with van der Waals surface area (Å²) in [4.78, 5) is 0.174. The first kappa shape index (κ1) is 14.6. The number of benzene rings is 1. The molecule has 1 heterocycles. The summed E-state index contributed by atoms with van der Waals surface area (Å²) in [6.07, 6.45) is 3.78. The van der Waals surface area contributed by atoms with E-state index in [0.717, 1.165) is 5.56 Å². The smallest absolute Gasteiger partial charge is 0.244 e. The van der Waals surface area contributed by atoms with Crippen molar-refractivity contribution in [3.8, 4) is 5.75 Å². The molecule has 0 aliphatic carbocycles. The van der Waals surface area contributed by atoms with Gasteiger partial charge >= 0.3 is 0 Å². The summed E-state index contributed by atoms with van der Waals surface area (Å²) in [5.74, 6) is 0.351. The number of methoxy groups -OCH3 is 1. The number of rotatable bonds is 6. The van der Waals surface area contributed by atoms with E-state index in [1.807, 2.05) is 42.1 Å². The summed E-state index contributed by atoms with van der Waals surface area (Å²) >= 11 is 0. The number of sulfonamides is 1. The summed E-state index contributed by atoms with van der Waals surface area (Å²) in [6.45, 7) is 2.76. The summed E-state index contributed by atoms with van der Waals surface area (Å²) in [6, 6.07) is 8.89. The van der Waals surface area contributed by atoms with Gasteiger partial charge in [-0.2, -0.15) is 0 Å². The molecule has 0 fully saturated rings. The molecule has 5 nitrogen and oxygen atoms in total. The van der Waals surface area contributed by atoms with E-state index in [4.69, 9.17) is 4.74 Å². The van der Waals surface area contributed by atoms with Crippen molar-refractivity contribution in [3.05, 3.63) is 48.3 Å². The Morgan fingerprint density at radius 2 is 1.95 bits per heavy atom. The minimum atomic E-state index is -3.57. The lowest BCUT2D eigenvalue weighted by Crippen LogP contribution is -2.27. The van der Waals surface area contributed by atoms with Gasteiger partial charge in [-0.1, -0.05) is 6.07 Å². The van der Waals surface area contributed by atoms with Crippen LogP contribution >= 0.6 is 0 Å². The molecule has 0 radical (unpaired) electrons. The monoisotopic (exact) mass is 294 g/mol. The molecular weight excluding hydrogens is 276 g/mol. The second-order valence-electron chi connectivity index (χ2n) is 4.47. The Hall–Kier alpha value is -1.79. The first-order valence-corrected chi connectivity index (χ1v) is 7.76. The van der Waals surface area contributed by atoms with Gasteiger partial charge in [-0.15, -0.1) is 0 Å². The SMILES string of the molecule is COc1ccc(C)cc1S(=O)(=O)NCCn1cccc1. The van der Waals surface area contributed by atoms with Crippen LogP contribution in [0.2, 0.25) is 0 Å². The van der Waals surface area contributed by atoms with Crippen LogP contribution in [0.4, 0.5) is 0 Å². The Bertz CT molecular complexity index is 664. The van der Waals surface area contributed by atoms with Crippen LogP contribution in [0.5, 0.6) is 5.75 Å². The highest BCUT2D eigenvalue weighted by molar-refractivity contribution is 7.89. The van der Waals surface area contributed by atoms with Crippen molar-refractivity contribution in [2.45, 2.75) is 18.4 Å². The molecule has 0 unspecified atom stereocenters. The number of aromatic nitrogens is 1. The molecule has 1 aromatic heterocycles. The molecule has 2 aromatic rings. The van der Waals surface area contributed by atoms with Crippen LogP contribution < -0.4 is 9.46 Å². The van der Waals surface area contributed by atoms with Crippen LogP contribution in [-0.2, 0) is 16.6 Å². The standard InChI is InChI=1S/C14H18N2O3S/c1-12-5-6-13(19-2)14(11-12)20(17,18)15-7-10-16-8-3-4-9-16/h3-6,8-9,11,15H,7,10H2,1-2H3. The normalized spacial score (nSPS) is 11.5. The van der Waals surface area contributed by atoms with E-state index in [2.05, 4.69) is 4.72 Å². The second kappa shape index (κ2) is 6.11. The van der Waals surface area contributed by atoms with Crippen LogP contribution in [0.1, 0.15) is 5.56 Å². The third kappa shape index (κ3) is 3.40. The van der Waals surface area contributed by atoms with E-state index in [1.165, 1.54) is 7.11 Å². The fraction of sp³-hybridized carbons (Fsp3) is 0.286. The van der Waals surface area contributed by atoms with Crippen LogP contribution in [0.25, 0.3) is 0 Å². The molecule has 20 heavy (non-hydrogen) atoms. The number of ether oxygens (including phenoxy) is 1. The molecule has 0 atom stereocenters. The average Bonchev–Trinajstić information content (AvgIpc) is 2.91. The maximum Gasteiger partial charge on any atom is 0.244 e. The van der Waals surface area contributed by atoms with Crippen molar-refractivity contribution in [2.75, 3.05) is 13.7 Å². The lowest BCUT2D eigenvalue weighted by atomic mass is 10.2. The summed E-state index contributed by atoms with van der Waals surface area (Å²) in [5, 5.41) is 0. The Morgan fingerprint density at radius 3 is 2.60 bits per heavy atom. The predicted molar refractivity (Wildman–Crippen MR) is 77.4 cm³/mol. The first-order valence-electron chi connectivity index (χ1n) is 6.28. The zero-order valence-electron chi connectivity index (χ0n) is 11.5. The molecule has 1 N–H and O–H groups in total. The third-order valence-corrected chi connectivity index (χ3v) is 4.42. The van der Waals surface area contributed by atoms with Crippen molar-refractivity contribution < 1.29 is 13.2 Å². The van der Waals surface area contributed by atoms with Crippen LogP contribution in [-0.4, -0.2) is 26.6 Å². The van der Waals surface area contributed by atoms with Crippen LogP contribution in [0.3, 0.4) is 0 Å². The van der Waals surface area contributed by atoms with Gasteiger partial charge in [0.15, 0.2) is 0 Å². The quantitative estimate of drug-likeness (QED) is 0.883. The second-order valence-corrected chi connectivity index (χ2v) is 6.21. The molecule has 0 bridgehead atoms. The van der Waals surface area contributed by atoms with E-state index in [0.29, 0.717) is 18.8 Å². The number of hydrogen-bond donors (Lipinski definition) is 1. The first-order chi connectivity index (χ1) is 9.53. The molecule has 0 saturated carbocycles. The van der Waals surface area contributed by atoms with E-state index in [9.17, 15) is 8.42 Å². The van der Waals surface area contributed by atoms with Gasteiger partial charge in [0.2, 0.25) is 10.0 Å². The Balaban J connectivity index is 2.11. The Kier molecular flexibility index (Phi) is 4.46. The zero-order valence-corrected chi connectivity index (χ0v) is 12.4. The highest BCUT2D eigenvalue weighted by atomic mass is 32.2. The minimum Gasteiger partial charge on any atom is -0.495 e. The van der Waals surface area contributed by atoms with E-state index >= 15 is 0 Å². The Labute approximate surface area is 119 Å². The van der Waals surface area contributed by atoms with Gasteiger partial charge < -0.3 is 9.30 Å². The van der Waals surface area contributed by atoms with Crippen molar-refractivity contribution in [3.63, 3.8) is 0 Å². The van der Waals surface area contributed by atoms with Gasteiger partial charge in [-0.25, -0.2) is 13.1 Å². The maximum absolute atomic E-state index is 12.3. The summed E-state index contributed by atoms with van der Waals surface area (Å²) in [7, 11) is -2.11. The number of nitrogens with one attached hydrogen (secondary N) is 1. The zero-order chi connectivity index (χ0) is 14.6. The lowest BCUT2D eigenvalue weighted by Gasteiger charge is -2.11. The molecule has 0 aliphatic heterocycles. The van der Waals surface area contributed by atoms with Gasteiger partial charge in [0, 0.05) is 25.5 Å². The number of hydrogen-bond acceptors (Lipinski definition) is 3. The molecule has 108 valence electrons. The highest BCUT2D eigenvalue weighted by Gasteiger charge is 2.18. The number of aryl methyl sites for hydroxylation is 1. The number of nitrogens with zero attached hydrogens (tertiary/aromatic N) is 1. The van der Waals surface area contributed by atoms with Gasteiger partial charge in [0.1, 0.15) is 10.6 Å². The predicted octanol–water partition coefficient (Wildman–Crippen LogP) is 1.78. The molecule has 0 amide bonds. The van der Waals surface area contributed by atoms with Crippen molar-refractivity contribution in [2.24, 2.45) is 0 Å². The van der Waals surface area contributed by atoms with E-state index in [-0.39, 0.29) is 4.90 Å². The average molecular weight is 294 g/mol. The molecule has 0 aliphatic rings. The van der Waals surface area contributed by atoms with Gasteiger partial charge in [-0.05, 0) is 36.8 Å². The van der Waals surface area contributed by atoms with Crippen LogP contribution in [0, 0.1) is 6.92 Å². The third-order valence-electron chi connectivity index (χ3n) is 2.94. The summed E-state index contributed by atoms with van der Waals surface area (Å²) in [5.41, 5.74) is 0.872. The van der Waals surface area contributed by atoms with Crippen molar-refractivity contribution >= 4 is 10.0 Å². The van der Waals surface area contributed by atoms with Gasteiger partial charge in [0.05, 0.1) is 7.11 Å². The van der Waals surface area contributed by atoms with Gasteiger partial charge in [0.25, 0.3) is 0 Å². The molecule has 2 rings (SSSR count). The van der Waals surface area contributed by atoms with Crippen molar-refractivity contribution in [1.82, 2.24) is 9.29 Å². The molecule has 1 aromatic carbocycles. The lowest BCUT2D eigenvalue weighted by molar-refractivity contribution is 0.402. The van der Waals surface area contributed by atoms with Crippen molar-refractivity contribution in [1.29, 1.82) is 0 Å². The van der Waals surface area contributed by atoms with E-state index < -0.39 is 10.0 Å². The topological polar surface area (TPSA) is 60.3 Å². The molecule has 6 heteroatoms.